The molecule has 2 aromatic carbocycles. The second-order valence-corrected chi connectivity index (χ2v) is 8.43. The number of anilines is 2. The third-order valence-electron chi connectivity index (χ3n) is 5.63. The molecule has 0 atom stereocenters. The molecule has 2 aromatic rings. The Bertz CT molecular complexity index is 858. The summed E-state index contributed by atoms with van der Waals surface area (Å²) in [6, 6.07) is 8.67. The van der Waals surface area contributed by atoms with Crippen molar-refractivity contribution in [1.29, 1.82) is 0 Å². The number of benzene rings is 2. The molecule has 1 aliphatic rings. The topological polar surface area (TPSA) is 15.3 Å². The SMILES string of the molecule is C=C(CC)Nc1c(F)ccc(CC2CCN(c3ccc(Br)cc3F)CC2)c1C. The Balaban J connectivity index is 1.66. The highest BCUT2D eigenvalue weighted by Gasteiger charge is 2.23. The lowest BCUT2D eigenvalue weighted by Crippen LogP contribution is -2.34. The number of hydrogen-bond donors (Lipinski definition) is 1. The molecular formula is C23H27BrF2N2. The summed E-state index contributed by atoms with van der Waals surface area (Å²) < 4.78 is 29.2. The van der Waals surface area contributed by atoms with Crippen molar-refractivity contribution in [2.75, 3.05) is 23.3 Å². The van der Waals surface area contributed by atoms with E-state index in [1.54, 1.807) is 6.07 Å². The first-order chi connectivity index (χ1) is 13.4. The number of piperidine rings is 1. The Morgan fingerprint density at radius 2 is 1.89 bits per heavy atom. The predicted molar refractivity (Wildman–Crippen MR) is 117 cm³/mol. The summed E-state index contributed by atoms with van der Waals surface area (Å²) in [4.78, 5) is 2.12. The summed E-state index contributed by atoms with van der Waals surface area (Å²) in [5.74, 6) is 0.0894. The number of allylic oxidation sites excluding steroid dienone is 1. The lowest BCUT2D eigenvalue weighted by atomic mass is 9.88. The molecule has 5 heteroatoms. The van der Waals surface area contributed by atoms with Gasteiger partial charge in [0.15, 0.2) is 0 Å². The van der Waals surface area contributed by atoms with Gasteiger partial charge >= 0.3 is 0 Å². The van der Waals surface area contributed by atoms with E-state index in [-0.39, 0.29) is 11.6 Å². The van der Waals surface area contributed by atoms with Crippen molar-refractivity contribution in [3.05, 3.63) is 69.8 Å². The highest BCUT2D eigenvalue weighted by atomic mass is 79.9. The zero-order chi connectivity index (χ0) is 20.3. The van der Waals surface area contributed by atoms with E-state index in [0.717, 1.165) is 54.5 Å². The zero-order valence-corrected chi connectivity index (χ0v) is 18.1. The normalized spacial score (nSPS) is 15.0. The van der Waals surface area contributed by atoms with Gasteiger partial charge in [0.2, 0.25) is 0 Å². The standard InChI is InChI=1S/C23H27BrF2N2/c1-4-15(2)27-23-16(3)18(5-7-20(23)25)13-17-9-11-28(12-10-17)22-8-6-19(24)14-21(22)26/h5-8,14,17,27H,2,4,9-13H2,1,3H3. The van der Waals surface area contributed by atoms with Crippen molar-refractivity contribution in [2.24, 2.45) is 5.92 Å². The first-order valence-corrected chi connectivity index (χ1v) is 10.6. The third-order valence-corrected chi connectivity index (χ3v) is 6.12. The number of hydrogen-bond acceptors (Lipinski definition) is 2. The van der Waals surface area contributed by atoms with Gasteiger partial charge < -0.3 is 10.2 Å². The first kappa shape index (κ1) is 20.8. The summed E-state index contributed by atoms with van der Waals surface area (Å²) in [6.07, 6.45) is 3.66. The van der Waals surface area contributed by atoms with Crippen LogP contribution in [0.2, 0.25) is 0 Å². The van der Waals surface area contributed by atoms with Crippen LogP contribution in [0.4, 0.5) is 20.2 Å². The fourth-order valence-electron chi connectivity index (χ4n) is 3.79. The van der Waals surface area contributed by atoms with Gasteiger partial charge in [-0.3, -0.25) is 0 Å². The van der Waals surface area contributed by atoms with Crippen LogP contribution in [0.3, 0.4) is 0 Å². The molecule has 1 saturated heterocycles. The van der Waals surface area contributed by atoms with E-state index in [1.165, 1.54) is 11.6 Å². The average Bonchev–Trinajstić information content (AvgIpc) is 2.68. The van der Waals surface area contributed by atoms with Crippen LogP contribution >= 0.6 is 15.9 Å². The molecule has 28 heavy (non-hydrogen) atoms. The summed E-state index contributed by atoms with van der Waals surface area (Å²) in [5.41, 5.74) is 4.14. The molecule has 1 heterocycles. The molecule has 0 bridgehead atoms. The van der Waals surface area contributed by atoms with E-state index in [0.29, 0.717) is 17.3 Å². The Labute approximate surface area is 174 Å². The third kappa shape index (κ3) is 4.75. The van der Waals surface area contributed by atoms with Crippen molar-refractivity contribution in [1.82, 2.24) is 0 Å². The Hall–Kier alpha value is -1.88. The van der Waals surface area contributed by atoms with Crippen LogP contribution in [0.25, 0.3) is 0 Å². The van der Waals surface area contributed by atoms with E-state index in [4.69, 9.17) is 0 Å². The fourth-order valence-corrected chi connectivity index (χ4v) is 4.12. The summed E-state index contributed by atoms with van der Waals surface area (Å²) in [5, 5.41) is 3.12. The highest BCUT2D eigenvalue weighted by molar-refractivity contribution is 9.10. The van der Waals surface area contributed by atoms with Gasteiger partial charge in [-0.05, 0) is 73.9 Å². The highest BCUT2D eigenvalue weighted by Crippen LogP contribution is 2.31. The molecule has 0 unspecified atom stereocenters. The van der Waals surface area contributed by atoms with Crippen molar-refractivity contribution < 1.29 is 8.78 Å². The molecule has 3 rings (SSSR count). The number of nitrogens with zero attached hydrogens (tertiary/aromatic N) is 1. The van der Waals surface area contributed by atoms with Crippen LogP contribution < -0.4 is 10.2 Å². The molecule has 0 aromatic heterocycles. The van der Waals surface area contributed by atoms with Crippen LogP contribution in [0.5, 0.6) is 0 Å². The van der Waals surface area contributed by atoms with E-state index >= 15 is 0 Å². The minimum absolute atomic E-state index is 0.186. The maximum absolute atomic E-state index is 14.3. The van der Waals surface area contributed by atoms with Gasteiger partial charge in [0.1, 0.15) is 11.6 Å². The quantitative estimate of drug-likeness (QED) is 0.520. The molecule has 1 aliphatic heterocycles. The molecule has 0 saturated carbocycles. The smallest absolute Gasteiger partial charge is 0.147 e. The van der Waals surface area contributed by atoms with Crippen LogP contribution in [-0.2, 0) is 6.42 Å². The summed E-state index contributed by atoms with van der Waals surface area (Å²) >= 11 is 3.31. The molecule has 0 spiro atoms. The fraction of sp³-hybridized carbons (Fsp3) is 0.391. The lowest BCUT2D eigenvalue weighted by molar-refractivity contribution is 0.400. The van der Waals surface area contributed by atoms with Gasteiger partial charge in [0, 0.05) is 23.3 Å². The maximum Gasteiger partial charge on any atom is 0.147 e. The second kappa shape index (κ2) is 9.08. The largest absolute Gasteiger partial charge is 0.369 e. The molecule has 1 N–H and O–H groups in total. The van der Waals surface area contributed by atoms with Crippen LogP contribution in [-0.4, -0.2) is 13.1 Å². The van der Waals surface area contributed by atoms with Crippen LogP contribution in [0.1, 0.15) is 37.3 Å². The monoisotopic (exact) mass is 448 g/mol. The molecule has 1 fully saturated rings. The Morgan fingerprint density at radius 1 is 1.18 bits per heavy atom. The van der Waals surface area contributed by atoms with E-state index in [2.05, 4.69) is 32.7 Å². The van der Waals surface area contributed by atoms with Crippen molar-refractivity contribution in [2.45, 2.75) is 39.5 Å². The second-order valence-electron chi connectivity index (χ2n) is 7.52. The van der Waals surface area contributed by atoms with Gasteiger partial charge in [-0.1, -0.05) is 35.5 Å². The lowest BCUT2D eigenvalue weighted by Gasteiger charge is -2.34. The van der Waals surface area contributed by atoms with Gasteiger partial charge in [-0.15, -0.1) is 0 Å². The molecular weight excluding hydrogens is 422 g/mol. The zero-order valence-electron chi connectivity index (χ0n) is 16.5. The Kier molecular flexibility index (Phi) is 6.76. The molecule has 150 valence electrons. The number of nitrogens with one attached hydrogen (secondary N) is 1. The van der Waals surface area contributed by atoms with Gasteiger partial charge in [0.05, 0.1) is 11.4 Å². The van der Waals surface area contributed by atoms with Crippen LogP contribution in [0, 0.1) is 24.5 Å². The summed E-state index contributed by atoms with van der Waals surface area (Å²) in [7, 11) is 0. The number of rotatable bonds is 6. The van der Waals surface area contributed by atoms with E-state index in [1.807, 2.05) is 32.0 Å². The minimum Gasteiger partial charge on any atom is -0.369 e. The van der Waals surface area contributed by atoms with Gasteiger partial charge in [-0.2, -0.15) is 0 Å². The van der Waals surface area contributed by atoms with Crippen molar-refractivity contribution in [3.8, 4) is 0 Å². The summed E-state index contributed by atoms with van der Waals surface area (Å²) in [6.45, 7) is 9.56. The molecule has 0 radical (unpaired) electrons. The molecule has 2 nitrogen and oxygen atoms in total. The van der Waals surface area contributed by atoms with E-state index in [9.17, 15) is 8.78 Å². The van der Waals surface area contributed by atoms with Crippen molar-refractivity contribution in [3.63, 3.8) is 0 Å². The maximum atomic E-state index is 14.3. The Morgan fingerprint density at radius 3 is 2.54 bits per heavy atom. The number of halogens is 3. The predicted octanol–water partition coefficient (Wildman–Crippen LogP) is 6.83. The minimum atomic E-state index is -0.239. The average molecular weight is 449 g/mol. The van der Waals surface area contributed by atoms with Crippen LogP contribution in [0.15, 0.2) is 47.1 Å². The van der Waals surface area contributed by atoms with Gasteiger partial charge in [-0.25, -0.2) is 8.78 Å². The molecule has 0 aliphatic carbocycles. The van der Waals surface area contributed by atoms with E-state index < -0.39 is 0 Å². The first-order valence-electron chi connectivity index (χ1n) is 9.81. The molecule has 0 amide bonds. The van der Waals surface area contributed by atoms with Crippen molar-refractivity contribution >= 4 is 27.3 Å². The van der Waals surface area contributed by atoms with Gasteiger partial charge in [0.25, 0.3) is 0 Å².